The fourth-order valence-corrected chi connectivity index (χ4v) is 1.67. The molecule has 0 spiro atoms. The zero-order chi connectivity index (χ0) is 15.5. The molecule has 1 heterocycles. The fourth-order valence-electron chi connectivity index (χ4n) is 1.67. The van der Waals surface area contributed by atoms with E-state index in [4.69, 9.17) is 10.9 Å². The van der Waals surface area contributed by atoms with E-state index in [-0.39, 0.29) is 23.2 Å². The summed E-state index contributed by atoms with van der Waals surface area (Å²) < 4.78 is 0. The van der Waals surface area contributed by atoms with Gasteiger partial charge in [-0.05, 0) is 24.5 Å². The number of pyridine rings is 1. The van der Waals surface area contributed by atoms with Crippen LogP contribution in [0.2, 0.25) is 0 Å². The van der Waals surface area contributed by atoms with Crippen LogP contribution in [0.25, 0.3) is 0 Å². The van der Waals surface area contributed by atoms with Gasteiger partial charge in [0.1, 0.15) is 5.69 Å². The second-order valence-corrected chi connectivity index (χ2v) is 5.88. The molecule has 1 rings (SSSR count). The standard InChI is InChI=1S/C14H22N4O2/c1-9(14(2,3)4)18(5)13(19)11-7-6-10(8-16-11)12(15)17-20/h6-9,20H,1-5H3,(H2,15,17). The Hall–Kier alpha value is -2.11. The SMILES string of the molecule is CC(N(C)C(=O)c1ccc(C(N)=NO)cn1)C(C)(C)C. The van der Waals surface area contributed by atoms with Crippen LogP contribution in [-0.2, 0) is 0 Å². The van der Waals surface area contributed by atoms with Gasteiger partial charge in [0.05, 0.1) is 0 Å². The number of amidine groups is 1. The minimum absolute atomic E-state index is 0.0156. The van der Waals surface area contributed by atoms with Gasteiger partial charge in [0.15, 0.2) is 5.84 Å². The van der Waals surface area contributed by atoms with E-state index in [1.54, 1.807) is 24.1 Å². The Morgan fingerprint density at radius 3 is 2.45 bits per heavy atom. The molecule has 3 N–H and O–H groups in total. The monoisotopic (exact) mass is 278 g/mol. The first-order valence-corrected chi connectivity index (χ1v) is 6.39. The number of carbonyl (C=O) groups excluding carboxylic acids is 1. The van der Waals surface area contributed by atoms with E-state index in [0.29, 0.717) is 11.3 Å². The molecule has 0 saturated heterocycles. The van der Waals surface area contributed by atoms with Crippen LogP contribution in [0, 0.1) is 5.41 Å². The number of rotatable bonds is 3. The van der Waals surface area contributed by atoms with Crippen molar-refractivity contribution in [2.24, 2.45) is 16.3 Å². The molecule has 20 heavy (non-hydrogen) atoms. The Morgan fingerprint density at radius 1 is 1.45 bits per heavy atom. The number of carbonyl (C=O) groups is 1. The van der Waals surface area contributed by atoms with Crippen molar-refractivity contribution in [3.05, 3.63) is 29.6 Å². The Bertz CT molecular complexity index is 503. The molecule has 0 bridgehead atoms. The van der Waals surface area contributed by atoms with Crippen LogP contribution in [0.5, 0.6) is 0 Å². The lowest BCUT2D eigenvalue weighted by molar-refractivity contribution is 0.0623. The van der Waals surface area contributed by atoms with Crippen molar-refractivity contribution in [2.75, 3.05) is 7.05 Å². The van der Waals surface area contributed by atoms with E-state index < -0.39 is 0 Å². The van der Waals surface area contributed by atoms with E-state index in [1.165, 1.54) is 6.20 Å². The molecule has 0 saturated carbocycles. The third-order valence-electron chi connectivity index (χ3n) is 3.54. The molecule has 0 aliphatic heterocycles. The Morgan fingerprint density at radius 2 is 2.05 bits per heavy atom. The van der Waals surface area contributed by atoms with Crippen molar-refractivity contribution in [2.45, 2.75) is 33.7 Å². The summed E-state index contributed by atoms with van der Waals surface area (Å²) in [4.78, 5) is 18.1. The molecule has 6 heteroatoms. The molecule has 0 radical (unpaired) electrons. The minimum atomic E-state index is -0.154. The smallest absolute Gasteiger partial charge is 0.272 e. The lowest BCUT2D eigenvalue weighted by Crippen LogP contribution is -2.43. The van der Waals surface area contributed by atoms with Gasteiger partial charge in [0, 0.05) is 24.8 Å². The molecular formula is C14H22N4O2. The van der Waals surface area contributed by atoms with Gasteiger partial charge in [-0.25, -0.2) is 0 Å². The highest BCUT2D eigenvalue weighted by Crippen LogP contribution is 2.23. The molecule has 1 aromatic rings. The van der Waals surface area contributed by atoms with Gasteiger partial charge in [-0.3, -0.25) is 9.78 Å². The quantitative estimate of drug-likeness (QED) is 0.381. The summed E-state index contributed by atoms with van der Waals surface area (Å²) in [5.74, 6) is -0.189. The van der Waals surface area contributed by atoms with Crippen molar-refractivity contribution < 1.29 is 10.0 Å². The van der Waals surface area contributed by atoms with Gasteiger partial charge in [-0.1, -0.05) is 25.9 Å². The third-order valence-corrected chi connectivity index (χ3v) is 3.54. The highest BCUT2D eigenvalue weighted by Gasteiger charge is 2.28. The van der Waals surface area contributed by atoms with E-state index in [0.717, 1.165) is 0 Å². The summed E-state index contributed by atoms with van der Waals surface area (Å²) in [5, 5.41) is 11.5. The van der Waals surface area contributed by atoms with Crippen molar-refractivity contribution in [1.29, 1.82) is 0 Å². The van der Waals surface area contributed by atoms with Gasteiger partial charge < -0.3 is 15.8 Å². The molecule has 110 valence electrons. The molecule has 1 amide bonds. The number of aromatic nitrogens is 1. The Kier molecular flexibility index (Phi) is 4.70. The summed E-state index contributed by atoms with van der Waals surface area (Å²) in [7, 11) is 1.76. The molecule has 0 aromatic carbocycles. The summed E-state index contributed by atoms with van der Waals surface area (Å²) in [6.45, 7) is 8.24. The number of hydrogen-bond donors (Lipinski definition) is 2. The number of nitrogens with two attached hydrogens (primary N) is 1. The first-order valence-electron chi connectivity index (χ1n) is 6.39. The van der Waals surface area contributed by atoms with Crippen molar-refractivity contribution in [3.8, 4) is 0 Å². The van der Waals surface area contributed by atoms with Crippen LogP contribution in [0.3, 0.4) is 0 Å². The predicted molar refractivity (Wildman–Crippen MR) is 77.8 cm³/mol. The van der Waals surface area contributed by atoms with Gasteiger partial charge in [-0.15, -0.1) is 0 Å². The van der Waals surface area contributed by atoms with Gasteiger partial charge >= 0.3 is 0 Å². The van der Waals surface area contributed by atoms with Crippen LogP contribution in [0.4, 0.5) is 0 Å². The van der Waals surface area contributed by atoms with Gasteiger partial charge in [-0.2, -0.15) is 0 Å². The Balaban J connectivity index is 2.93. The Labute approximate surface area is 119 Å². The van der Waals surface area contributed by atoms with E-state index in [2.05, 4.69) is 30.9 Å². The molecule has 0 aliphatic rings. The third kappa shape index (κ3) is 3.46. The van der Waals surface area contributed by atoms with Crippen LogP contribution >= 0.6 is 0 Å². The molecule has 6 nitrogen and oxygen atoms in total. The molecule has 0 aliphatic carbocycles. The lowest BCUT2D eigenvalue weighted by atomic mass is 9.87. The topological polar surface area (TPSA) is 91.8 Å². The van der Waals surface area contributed by atoms with Crippen LogP contribution < -0.4 is 5.73 Å². The first kappa shape index (κ1) is 15.9. The maximum Gasteiger partial charge on any atom is 0.272 e. The fraction of sp³-hybridized carbons (Fsp3) is 0.500. The number of hydrogen-bond acceptors (Lipinski definition) is 4. The summed E-state index contributed by atoms with van der Waals surface area (Å²) in [6.07, 6.45) is 1.41. The second-order valence-electron chi connectivity index (χ2n) is 5.88. The highest BCUT2D eigenvalue weighted by molar-refractivity contribution is 5.98. The van der Waals surface area contributed by atoms with Crippen LogP contribution in [-0.4, -0.2) is 39.9 Å². The van der Waals surface area contributed by atoms with Crippen molar-refractivity contribution in [1.82, 2.24) is 9.88 Å². The summed E-state index contributed by atoms with van der Waals surface area (Å²) >= 11 is 0. The molecule has 0 fully saturated rings. The van der Waals surface area contributed by atoms with E-state index >= 15 is 0 Å². The number of oxime groups is 1. The number of nitrogens with zero attached hydrogens (tertiary/aromatic N) is 3. The minimum Gasteiger partial charge on any atom is -0.409 e. The average Bonchev–Trinajstić information content (AvgIpc) is 2.43. The maximum atomic E-state index is 12.3. The average molecular weight is 278 g/mol. The zero-order valence-electron chi connectivity index (χ0n) is 12.6. The van der Waals surface area contributed by atoms with Crippen LogP contribution in [0.15, 0.2) is 23.5 Å². The molecule has 1 aromatic heterocycles. The lowest BCUT2D eigenvalue weighted by Gasteiger charge is -2.35. The van der Waals surface area contributed by atoms with Gasteiger partial charge in [0.2, 0.25) is 0 Å². The van der Waals surface area contributed by atoms with Crippen LogP contribution in [0.1, 0.15) is 43.7 Å². The normalized spacial score (nSPS) is 13.9. The second kappa shape index (κ2) is 5.90. The first-order chi connectivity index (χ1) is 9.18. The van der Waals surface area contributed by atoms with E-state index in [9.17, 15) is 4.79 Å². The molecule has 1 atom stereocenters. The largest absolute Gasteiger partial charge is 0.409 e. The van der Waals surface area contributed by atoms with Gasteiger partial charge in [0.25, 0.3) is 5.91 Å². The molecular weight excluding hydrogens is 256 g/mol. The summed E-state index contributed by atoms with van der Waals surface area (Å²) in [6, 6.07) is 3.24. The number of amides is 1. The molecule has 1 unspecified atom stereocenters. The van der Waals surface area contributed by atoms with Crippen molar-refractivity contribution in [3.63, 3.8) is 0 Å². The predicted octanol–water partition coefficient (Wildman–Crippen LogP) is 1.68. The maximum absolute atomic E-state index is 12.3. The zero-order valence-corrected chi connectivity index (χ0v) is 12.6. The summed E-state index contributed by atoms with van der Waals surface area (Å²) in [5.41, 5.74) is 6.23. The van der Waals surface area contributed by atoms with E-state index in [1.807, 2.05) is 6.92 Å². The highest BCUT2D eigenvalue weighted by atomic mass is 16.4. The van der Waals surface area contributed by atoms with Crippen molar-refractivity contribution >= 4 is 11.7 Å².